The van der Waals surface area contributed by atoms with E-state index in [1.807, 2.05) is 70.6 Å². The van der Waals surface area contributed by atoms with Crippen molar-refractivity contribution in [3.8, 4) is 23.0 Å². The van der Waals surface area contributed by atoms with Crippen molar-refractivity contribution < 1.29 is 47.5 Å². The summed E-state index contributed by atoms with van der Waals surface area (Å²) in [6.07, 6.45) is 4.39. The Morgan fingerprint density at radius 3 is 2.01 bits per heavy atom. The number of amides is 2. The minimum atomic E-state index is -0.195. The summed E-state index contributed by atoms with van der Waals surface area (Å²) in [5, 5.41) is 3.52. The predicted octanol–water partition coefficient (Wildman–Crippen LogP) is 8.00. The van der Waals surface area contributed by atoms with Gasteiger partial charge in [0.1, 0.15) is 19.0 Å². The Bertz CT molecular complexity index is 2720. The largest absolute Gasteiger partial charge is 0.493 e. The van der Waals surface area contributed by atoms with Gasteiger partial charge >= 0.3 is 0 Å². The molecule has 5 aromatic rings. The predicted molar refractivity (Wildman–Crippen MR) is 265 cm³/mol. The molecule has 0 spiro atoms. The van der Waals surface area contributed by atoms with Gasteiger partial charge in [-0.1, -0.05) is 36.4 Å². The van der Waals surface area contributed by atoms with Crippen LogP contribution in [0.3, 0.4) is 0 Å². The van der Waals surface area contributed by atoms with Crippen LogP contribution in [-0.4, -0.2) is 110 Å². The summed E-state index contributed by atoms with van der Waals surface area (Å²) in [6.45, 7) is 5.95. The van der Waals surface area contributed by atoms with Crippen molar-refractivity contribution >= 4 is 52.2 Å². The molecule has 15 nitrogen and oxygen atoms in total. The monoisotopic (exact) mass is 937 g/mol. The third-order valence-corrected chi connectivity index (χ3v) is 12.9. The van der Waals surface area contributed by atoms with E-state index in [2.05, 4.69) is 28.4 Å². The Morgan fingerprint density at radius 1 is 0.696 bits per heavy atom. The third-order valence-electron chi connectivity index (χ3n) is 12.9. The smallest absolute Gasteiger partial charge is 0.261 e. The molecule has 0 bridgehead atoms. The zero-order chi connectivity index (χ0) is 47.9. The van der Waals surface area contributed by atoms with Crippen LogP contribution in [0.4, 0.5) is 28.4 Å². The minimum Gasteiger partial charge on any atom is -0.493 e. The van der Waals surface area contributed by atoms with Crippen molar-refractivity contribution in [2.75, 3.05) is 94.0 Å². The molecule has 4 aliphatic rings. The first-order valence-corrected chi connectivity index (χ1v) is 23.5. The van der Waals surface area contributed by atoms with Crippen molar-refractivity contribution in [2.24, 2.45) is 4.99 Å². The van der Waals surface area contributed by atoms with Gasteiger partial charge < -0.3 is 53.1 Å². The van der Waals surface area contributed by atoms with E-state index < -0.39 is 0 Å². The lowest BCUT2D eigenvalue weighted by atomic mass is 10.1. The zero-order valence-corrected chi connectivity index (χ0v) is 39.7. The van der Waals surface area contributed by atoms with E-state index in [0.29, 0.717) is 117 Å². The number of carbonyl (C=O) groups is 3. The van der Waals surface area contributed by atoms with Gasteiger partial charge in [0.25, 0.3) is 11.8 Å². The number of rotatable bonds is 22. The summed E-state index contributed by atoms with van der Waals surface area (Å²) < 4.78 is 41.5. The summed E-state index contributed by atoms with van der Waals surface area (Å²) >= 11 is 0. The lowest BCUT2D eigenvalue weighted by Gasteiger charge is -2.26. The van der Waals surface area contributed by atoms with E-state index in [0.717, 1.165) is 45.7 Å². The van der Waals surface area contributed by atoms with E-state index in [1.165, 1.54) is 0 Å². The number of carbonyl (C=O) groups excluding carboxylic acids is 3. The number of aliphatic imine (C=N–C) groups is 1. The number of para-hydroxylation sites is 2. The number of fused-ring (bicyclic) bond motifs is 8. The second kappa shape index (κ2) is 21.6. The fourth-order valence-corrected chi connectivity index (χ4v) is 9.54. The van der Waals surface area contributed by atoms with Crippen LogP contribution in [0.15, 0.2) is 96.0 Å². The Labute approximate surface area is 402 Å². The van der Waals surface area contributed by atoms with Gasteiger partial charge in [0.2, 0.25) is 0 Å². The van der Waals surface area contributed by atoms with Crippen LogP contribution < -0.4 is 39.0 Å². The Morgan fingerprint density at radius 2 is 1.32 bits per heavy atom. The molecule has 0 radical (unpaired) electrons. The number of nitrogens with one attached hydrogen (secondary N) is 1. The summed E-state index contributed by atoms with van der Waals surface area (Å²) in [6, 6.07) is 29.0. The van der Waals surface area contributed by atoms with Gasteiger partial charge in [-0.25, -0.2) is 0 Å². The Hall–Kier alpha value is -6.94. The summed E-state index contributed by atoms with van der Waals surface area (Å²) in [4.78, 5) is 51.1. The van der Waals surface area contributed by atoms with Crippen molar-refractivity contribution in [3.05, 3.63) is 124 Å². The molecule has 0 aliphatic carbocycles. The summed E-state index contributed by atoms with van der Waals surface area (Å²) in [5.74, 6) is 1.65. The molecular formula is C54H59N5O10. The molecule has 4 aliphatic heterocycles. The second-order valence-electron chi connectivity index (χ2n) is 17.6. The molecule has 0 saturated heterocycles. The topological polar surface area (TPSA) is 150 Å². The van der Waals surface area contributed by atoms with E-state index in [-0.39, 0.29) is 42.9 Å². The van der Waals surface area contributed by atoms with Gasteiger partial charge in [-0.05, 0) is 84.5 Å². The molecule has 9 rings (SSSR count). The molecular weight excluding hydrogens is 879 g/mol. The summed E-state index contributed by atoms with van der Waals surface area (Å²) in [5.41, 5.74) is 8.79. The second-order valence-corrected chi connectivity index (χ2v) is 17.6. The first-order valence-electron chi connectivity index (χ1n) is 23.5. The fraction of sp³-hybridized carbons (Fsp3) is 0.370. The van der Waals surface area contributed by atoms with Crippen LogP contribution in [-0.2, 0) is 45.1 Å². The highest BCUT2D eigenvalue weighted by molar-refractivity contribution is 6.15. The average Bonchev–Trinajstić information content (AvgIpc) is 3.85. The molecule has 15 heteroatoms. The van der Waals surface area contributed by atoms with Gasteiger partial charge in [-0.2, -0.15) is 0 Å². The molecule has 0 fully saturated rings. The van der Waals surface area contributed by atoms with Gasteiger partial charge in [0, 0.05) is 75.0 Å². The standard InChI is InChI=1S/C54H59N5O10/c1-35(60)10-9-15-57(16-17-66-20-21-67-19-18-63-2)40-23-36(33-68-51-29-45-43(27-49(51)64-3)53(61)58-41(31-55-45)25-38-11-5-7-13-47(38)58)22-37(24-40)34-69-52-30-46-44(28-50(52)65-4)54(62)59-42(32-56-46)26-39-12-6-8-14-48(39)59/h5-8,11-14,22-24,27-31,41-42,56H,9-10,15-21,25-26,32-34H2,1-4H3/t41-,42-/m0/s1. The van der Waals surface area contributed by atoms with E-state index in [1.54, 1.807) is 46.5 Å². The van der Waals surface area contributed by atoms with Crippen LogP contribution in [0.25, 0.3) is 0 Å². The van der Waals surface area contributed by atoms with Crippen molar-refractivity contribution in [2.45, 2.75) is 57.9 Å². The maximum Gasteiger partial charge on any atom is 0.261 e. The minimum absolute atomic E-state index is 0.0177. The molecule has 0 saturated carbocycles. The van der Waals surface area contributed by atoms with E-state index >= 15 is 0 Å². The van der Waals surface area contributed by atoms with Crippen LogP contribution in [0, 0.1) is 0 Å². The lowest BCUT2D eigenvalue weighted by molar-refractivity contribution is -0.117. The van der Waals surface area contributed by atoms with E-state index in [4.69, 9.17) is 38.2 Å². The molecule has 69 heavy (non-hydrogen) atoms. The first-order chi connectivity index (χ1) is 33.7. The highest BCUT2D eigenvalue weighted by atomic mass is 16.5. The number of anilines is 4. The molecule has 2 atom stereocenters. The number of hydrogen-bond acceptors (Lipinski definition) is 13. The number of hydrogen-bond donors (Lipinski definition) is 1. The Kier molecular flexibility index (Phi) is 14.7. The van der Waals surface area contributed by atoms with Crippen LogP contribution >= 0.6 is 0 Å². The molecule has 2 amide bonds. The van der Waals surface area contributed by atoms with Gasteiger partial charge in [0.05, 0.1) is 81.8 Å². The zero-order valence-electron chi connectivity index (χ0n) is 39.7. The number of benzene rings is 5. The molecule has 360 valence electrons. The Balaban J connectivity index is 0.984. The number of ketones is 1. The number of ether oxygens (including phenoxy) is 7. The highest BCUT2D eigenvalue weighted by Crippen LogP contribution is 2.43. The van der Waals surface area contributed by atoms with Crippen LogP contribution in [0.5, 0.6) is 23.0 Å². The van der Waals surface area contributed by atoms with Crippen LogP contribution in [0.2, 0.25) is 0 Å². The number of Topliss-reactive ketones (excluding diaryl/α,β-unsaturated/α-hetero) is 1. The van der Waals surface area contributed by atoms with Gasteiger partial charge in [0.15, 0.2) is 23.0 Å². The third kappa shape index (κ3) is 10.4. The quantitative estimate of drug-likeness (QED) is 0.0671. The molecule has 1 N–H and O–H groups in total. The maximum absolute atomic E-state index is 14.1. The number of methoxy groups -OCH3 is 3. The maximum atomic E-state index is 14.1. The highest BCUT2D eigenvalue weighted by Gasteiger charge is 2.39. The summed E-state index contributed by atoms with van der Waals surface area (Å²) in [7, 11) is 4.76. The number of nitrogens with zero attached hydrogens (tertiary/aromatic N) is 4. The SMILES string of the molecule is COCCOCCOCCN(CCCC(C)=O)c1cc(COc2cc3c(cc2OC)C(=O)N2c4ccccc4C[C@H]2C=N3)cc(COc2cc3c(cc2OC)C(=O)N2c4ccccc4C[C@H]2CN3)c1. The van der Waals surface area contributed by atoms with Crippen molar-refractivity contribution in [3.63, 3.8) is 0 Å². The molecule has 4 heterocycles. The average molecular weight is 938 g/mol. The van der Waals surface area contributed by atoms with E-state index in [9.17, 15) is 14.4 Å². The van der Waals surface area contributed by atoms with Gasteiger partial charge in [-0.15, -0.1) is 0 Å². The molecule has 5 aromatic carbocycles. The van der Waals surface area contributed by atoms with Crippen molar-refractivity contribution in [1.29, 1.82) is 0 Å². The first kappa shape index (κ1) is 47.1. The molecule has 0 aromatic heterocycles. The van der Waals surface area contributed by atoms with Gasteiger partial charge in [-0.3, -0.25) is 19.5 Å². The van der Waals surface area contributed by atoms with Crippen molar-refractivity contribution in [1.82, 2.24) is 0 Å². The lowest BCUT2D eigenvalue weighted by Crippen LogP contribution is -2.39. The van der Waals surface area contributed by atoms with Crippen LogP contribution in [0.1, 0.15) is 62.7 Å². The molecule has 0 unspecified atom stereocenters. The fourth-order valence-electron chi connectivity index (χ4n) is 9.54. The normalized spacial score (nSPS) is 16.3.